The van der Waals surface area contributed by atoms with Crippen molar-refractivity contribution in [1.82, 2.24) is 5.32 Å². The van der Waals surface area contributed by atoms with Gasteiger partial charge in [-0.1, -0.05) is 34.1 Å². The number of hydrogen-bond acceptors (Lipinski definition) is 6. The highest BCUT2D eigenvalue weighted by Crippen LogP contribution is 2.40. The number of benzene rings is 2. The molecule has 1 aliphatic heterocycles. The highest BCUT2D eigenvalue weighted by Gasteiger charge is 2.57. The van der Waals surface area contributed by atoms with Crippen molar-refractivity contribution in [3.63, 3.8) is 0 Å². The summed E-state index contributed by atoms with van der Waals surface area (Å²) in [6.45, 7) is 2.29. The van der Waals surface area contributed by atoms with Crippen molar-refractivity contribution < 1.29 is 34.4 Å². The van der Waals surface area contributed by atoms with Crippen LogP contribution >= 0.6 is 15.9 Å². The molecule has 0 spiro atoms. The summed E-state index contributed by atoms with van der Waals surface area (Å²) >= 11 is 3.38. The van der Waals surface area contributed by atoms with E-state index in [2.05, 4.69) is 21.2 Å². The molecule has 8 nitrogen and oxygen atoms in total. The Labute approximate surface area is 175 Å². The second-order valence-corrected chi connectivity index (χ2v) is 7.71. The van der Waals surface area contributed by atoms with Gasteiger partial charge in [-0.05, 0) is 48.7 Å². The monoisotopic (exact) mass is 465 g/mol. The first-order valence-corrected chi connectivity index (χ1v) is 9.65. The zero-order valence-corrected chi connectivity index (χ0v) is 17.0. The molecule has 0 fully saturated rings. The van der Waals surface area contributed by atoms with Gasteiger partial charge in [-0.15, -0.1) is 0 Å². The molecular weight excluding hydrogens is 446 g/mol. The van der Waals surface area contributed by atoms with Crippen LogP contribution in [0.25, 0.3) is 0 Å². The van der Waals surface area contributed by atoms with Gasteiger partial charge in [0.25, 0.3) is 0 Å². The molecular formula is C20H20BrNO7. The lowest BCUT2D eigenvalue weighted by Crippen LogP contribution is -2.54. The fourth-order valence-corrected chi connectivity index (χ4v) is 3.43. The molecule has 1 heterocycles. The maximum absolute atomic E-state index is 11.3. The average molecular weight is 466 g/mol. The first-order chi connectivity index (χ1) is 13.7. The number of halogens is 1. The first-order valence-electron chi connectivity index (χ1n) is 8.86. The number of aliphatic hydroxyl groups excluding tert-OH is 1. The summed E-state index contributed by atoms with van der Waals surface area (Å²) in [6.07, 6.45) is -0.118. The van der Waals surface area contributed by atoms with E-state index in [0.717, 1.165) is 15.6 Å². The molecule has 2 aromatic rings. The average Bonchev–Trinajstić information content (AvgIpc) is 3.06. The van der Waals surface area contributed by atoms with Crippen LogP contribution in [0.2, 0.25) is 0 Å². The summed E-state index contributed by atoms with van der Waals surface area (Å²) in [5.41, 5.74) is 1.59. The quantitative estimate of drug-likeness (QED) is 0.437. The lowest BCUT2D eigenvalue weighted by atomic mass is 10.1. The number of ether oxygens (including phenoxy) is 2. The van der Waals surface area contributed by atoms with E-state index in [-0.39, 0.29) is 17.5 Å². The lowest BCUT2D eigenvalue weighted by molar-refractivity contribution is -0.194. The van der Waals surface area contributed by atoms with Crippen LogP contribution in [-0.2, 0) is 16.0 Å². The lowest BCUT2D eigenvalue weighted by Gasteiger charge is -2.18. The fourth-order valence-electron chi connectivity index (χ4n) is 3.01. The van der Waals surface area contributed by atoms with E-state index in [1.54, 1.807) is 12.1 Å². The molecule has 0 radical (unpaired) electrons. The van der Waals surface area contributed by atoms with Crippen LogP contribution in [-0.4, -0.2) is 45.6 Å². The van der Waals surface area contributed by atoms with Crippen molar-refractivity contribution >= 4 is 27.9 Å². The molecule has 0 saturated carbocycles. The Kier molecular flexibility index (Phi) is 6.11. The molecule has 0 amide bonds. The summed E-state index contributed by atoms with van der Waals surface area (Å²) < 4.78 is 11.1. The van der Waals surface area contributed by atoms with Gasteiger partial charge in [-0.25, -0.2) is 9.59 Å². The van der Waals surface area contributed by atoms with Gasteiger partial charge < -0.3 is 30.1 Å². The molecule has 2 unspecified atom stereocenters. The summed E-state index contributed by atoms with van der Waals surface area (Å²) in [4.78, 5) is 22.6. The van der Waals surface area contributed by atoms with Gasteiger partial charge in [0.15, 0.2) is 11.5 Å². The largest absolute Gasteiger partial charge is 0.475 e. The van der Waals surface area contributed by atoms with E-state index in [4.69, 9.17) is 9.47 Å². The van der Waals surface area contributed by atoms with Gasteiger partial charge in [0, 0.05) is 17.1 Å². The second kappa shape index (κ2) is 8.40. The van der Waals surface area contributed by atoms with Crippen LogP contribution < -0.4 is 14.8 Å². The van der Waals surface area contributed by atoms with Gasteiger partial charge in [0.2, 0.25) is 0 Å². The summed E-state index contributed by atoms with van der Waals surface area (Å²) in [5, 5.41) is 31.9. The van der Waals surface area contributed by atoms with Gasteiger partial charge in [-0.2, -0.15) is 0 Å². The van der Waals surface area contributed by atoms with Crippen molar-refractivity contribution in [2.75, 3.05) is 6.54 Å². The van der Waals surface area contributed by atoms with Crippen molar-refractivity contribution in [1.29, 1.82) is 0 Å². The Morgan fingerprint density at radius 3 is 2.45 bits per heavy atom. The Balaban J connectivity index is 1.61. The molecule has 0 aliphatic carbocycles. The highest BCUT2D eigenvalue weighted by atomic mass is 79.9. The zero-order valence-electron chi connectivity index (χ0n) is 15.5. The van der Waals surface area contributed by atoms with E-state index in [1.807, 2.05) is 31.2 Å². The van der Waals surface area contributed by atoms with Gasteiger partial charge in [0.05, 0.1) is 6.10 Å². The molecule has 154 valence electrons. The van der Waals surface area contributed by atoms with Crippen LogP contribution in [0.5, 0.6) is 11.5 Å². The Bertz CT molecular complexity index is 919. The number of aliphatic hydroxyl groups is 1. The molecule has 9 heteroatoms. The van der Waals surface area contributed by atoms with E-state index in [0.29, 0.717) is 13.0 Å². The number of hydrogen-bond donors (Lipinski definition) is 4. The Hall–Kier alpha value is -2.62. The minimum atomic E-state index is -2.76. The molecule has 1 aliphatic rings. The normalized spacial score (nSPS) is 16.2. The zero-order chi connectivity index (χ0) is 21.2. The molecule has 29 heavy (non-hydrogen) atoms. The molecule has 2 atom stereocenters. The SMILES string of the molecule is CC(Cc1ccc2c(c1)OC(C(=O)O)(C(=O)O)O2)NCC(O)c1cccc(Br)c1. The summed E-state index contributed by atoms with van der Waals surface area (Å²) in [5.74, 6) is -6.12. The maximum Gasteiger partial charge on any atom is 0.453 e. The number of carbonyl (C=O) groups is 2. The van der Waals surface area contributed by atoms with Crippen molar-refractivity contribution in [3.05, 3.63) is 58.1 Å². The minimum Gasteiger partial charge on any atom is -0.475 e. The van der Waals surface area contributed by atoms with Crippen LogP contribution in [0.4, 0.5) is 0 Å². The third-order valence-electron chi connectivity index (χ3n) is 4.51. The van der Waals surface area contributed by atoms with E-state index in [1.165, 1.54) is 6.07 Å². The minimum absolute atomic E-state index is 0.0131. The van der Waals surface area contributed by atoms with Crippen LogP contribution in [0.3, 0.4) is 0 Å². The smallest absolute Gasteiger partial charge is 0.453 e. The summed E-state index contributed by atoms with van der Waals surface area (Å²) in [7, 11) is 0. The third-order valence-corrected chi connectivity index (χ3v) is 5.01. The summed E-state index contributed by atoms with van der Waals surface area (Å²) in [6, 6.07) is 12.2. The third kappa shape index (κ3) is 4.52. The fraction of sp³-hybridized carbons (Fsp3) is 0.300. The number of carboxylic acid groups (broad SMARTS) is 2. The standard InChI is InChI=1S/C20H20BrNO7/c1-11(22-10-15(23)13-3-2-4-14(21)9-13)7-12-5-6-16-17(8-12)29-20(28-16,18(24)25)19(26)27/h2-6,8-9,11,15,22-23H,7,10H2,1H3,(H,24,25)(H,26,27). The Morgan fingerprint density at radius 2 is 1.79 bits per heavy atom. The number of fused-ring (bicyclic) bond motifs is 1. The number of rotatable bonds is 8. The molecule has 4 N–H and O–H groups in total. The second-order valence-electron chi connectivity index (χ2n) is 6.80. The van der Waals surface area contributed by atoms with E-state index >= 15 is 0 Å². The predicted molar refractivity (Wildman–Crippen MR) is 106 cm³/mol. The molecule has 3 rings (SSSR count). The van der Waals surface area contributed by atoms with Crippen molar-refractivity contribution in [2.24, 2.45) is 0 Å². The van der Waals surface area contributed by atoms with Crippen LogP contribution in [0.15, 0.2) is 46.9 Å². The predicted octanol–water partition coefficient (Wildman–Crippen LogP) is 2.34. The van der Waals surface area contributed by atoms with Gasteiger partial charge in [-0.3, -0.25) is 0 Å². The van der Waals surface area contributed by atoms with E-state index < -0.39 is 23.8 Å². The van der Waals surface area contributed by atoms with Crippen LogP contribution in [0.1, 0.15) is 24.2 Å². The van der Waals surface area contributed by atoms with Crippen molar-refractivity contribution in [3.8, 4) is 11.5 Å². The highest BCUT2D eigenvalue weighted by molar-refractivity contribution is 9.10. The van der Waals surface area contributed by atoms with Gasteiger partial charge in [0.1, 0.15) is 0 Å². The number of nitrogens with one attached hydrogen (secondary N) is 1. The maximum atomic E-state index is 11.3. The number of carboxylic acids is 2. The van der Waals surface area contributed by atoms with Crippen molar-refractivity contribution in [2.45, 2.75) is 31.3 Å². The van der Waals surface area contributed by atoms with Gasteiger partial charge >= 0.3 is 17.7 Å². The van der Waals surface area contributed by atoms with E-state index in [9.17, 15) is 24.9 Å². The molecule has 0 saturated heterocycles. The van der Waals surface area contributed by atoms with Crippen LogP contribution in [0, 0.1) is 0 Å². The molecule has 0 bridgehead atoms. The molecule has 0 aromatic heterocycles. The number of aliphatic carboxylic acids is 2. The first kappa shape index (κ1) is 21.1. The topological polar surface area (TPSA) is 125 Å². The Morgan fingerprint density at radius 1 is 1.10 bits per heavy atom. The molecule has 2 aromatic carbocycles.